The number of hydrogen-bond donors (Lipinski definition) is 1. The number of halogens is 1. The Labute approximate surface area is 186 Å². The van der Waals surface area contributed by atoms with Gasteiger partial charge in [-0.2, -0.15) is 4.99 Å². The summed E-state index contributed by atoms with van der Waals surface area (Å²) in [5.74, 6) is 0.634. The number of ether oxygens (including phenoxy) is 2. The van der Waals surface area contributed by atoms with Crippen LogP contribution in [0.15, 0.2) is 52.4 Å². The molecule has 0 aliphatic carbocycles. The highest BCUT2D eigenvalue weighted by Crippen LogP contribution is 2.37. The Bertz CT molecular complexity index is 990. The molecular weight excluding hydrogens is 503 g/mol. The fourth-order valence-electron chi connectivity index (χ4n) is 2.57. The highest BCUT2D eigenvalue weighted by Gasteiger charge is 2.23. The lowest BCUT2D eigenvalue weighted by atomic mass is 10.2. The summed E-state index contributed by atoms with van der Waals surface area (Å²) in [6, 6.07) is 13.7. The largest absolute Gasteiger partial charge is 0.490 e. The monoisotopic (exact) mass is 522 g/mol. The van der Waals surface area contributed by atoms with Crippen molar-refractivity contribution in [2.75, 3.05) is 6.61 Å². The van der Waals surface area contributed by atoms with Gasteiger partial charge in [0.15, 0.2) is 16.7 Å². The lowest BCUT2D eigenvalue weighted by Gasteiger charge is -2.15. The molecule has 0 bridgehead atoms. The van der Waals surface area contributed by atoms with Gasteiger partial charge in [0.25, 0.3) is 5.91 Å². The maximum Gasteiger partial charge on any atom is 0.286 e. The first kappa shape index (κ1) is 21.4. The number of carbonyl (C=O) groups excluding carboxylic acids is 2. The Morgan fingerprint density at radius 3 is 2.69 bits per heavy atom. The summed E-state index contributed by atoms with van der Waals surface area (Å²) in [6.07, 6.45) is 1.73. The molecule has 0 saturated carbocycles. The van der Waals surface area contributed by atoms with Gasteiger partial charge >= 0.3 is 0 Å². The molecule has 0 aromatic heterocycles. The molecule has 0 saturated heterocycles. The molecule has 0 radical (unpaired) electrons. The maximum absolute atomic E-state index is 12.1. The van der Waals surface area contributed by atoms with Gasteiger partial charge in [0.05, 0.1) is 15.1 Å². The predicted molar refractivity (Wildman–Crippen MR) is 123 cm³/mol. The number of nitrogens with one attached hydrogen (secondary N) is 1. The fourth-order valence-corrected chi connectivity index (χ4v) is 4.21. The zero-order valence-electron chi connectivity index (χ0n) is 15.9. The van der Waals surface area contributed by atoms with Gasteiger partial charge in [-0.05, 0) is 70.6 Å². The van der Waals surface area contributed by atoms with Crippen molar-refractivity contribution in [2.45, 2.75) is 20.5 Å². The number of aliphatic imine (C=N–C) groups is 1. The van der Waals surface area contributed by atoms with Crippen molar-refractivity contribution in [1.29, 1.82) is 0 Å². The topological polar surface area (TPSA) is 77.0 Å². The number of nitrogens with zero attached hydrogens (tertiary/aromatic N) is 1. The second-order valence-electron chi connectivity index (χ2n) is 6.05. The average Bonchev–Trinajstić information content (AvgIpc) is 3.00. The number of amides is 2. The number of amidine groups is 1. The third-order valence-corrected chi connectivity index (χ3v) is 5.46. The van der Waals surface area contributed by atoms with E-state index in [1.54, 1.807) is 6.08 Å². The average molecular weight is 522 g/mol. The molecule has 1 aliphatic rings. The lowest BCUT2D eigenvalue weighted by Crippen LogP contribution is -2.23. The molecule has 0 spiro atoms. The number of thioether (sulfide) groups is 1. The van der Waals surface area contributed by atoms with Gasteiger partial charge in [-0.1, -0.05) is 30.3 Å². The normalized spacial score (nSPS) is 14.7. The minimum atomic E-state index is -0.379. The van der Waals surface area contributed by atoms with Gasteiger partial charge in [0.1, 0.15) is 6.61 Å². The van der Waals surface area contributed by atoms with Crippen molar-refractivity contribution in [1.82, 2.24) is 5.32 Å². The van der Waals surface area contributed by atoms with Crippen molar-refractivity contribution >= 4 is 57.4 Å². The lowest BCUT2D eigenvalue weighted by molar-refractivity contribution is -0.117. The number of hydrogen-bond acceptors (Lipinski definition) is 5. The molecule has 0 fully saturated rings. The van der Waals surface area contributed by atoms with E-state index in [4.69, 9.17) is 9.47 Å². The number of benzene rings is 2. The quantitative estimate of drug-likeness (QED) is 0.451. The molecule has 2 aromatic rings. The van der Waals surface area contributed by atoms with Gasteiger partial charge in [-0.3, -0.25) is 9.59 Å². The van der Waals surface area contributed by atoms with Crippen molar-refractivity contribution in [3.05, 3.63) is 62.1 Å². The summed E-state index contributed by atoms with van der Waals surface area (Å²) in [6.45, 7) is 4.20. The van der Waals surface area contributed by atoms with Crippen LogP contribution >= 0.6 is 34.4 Å². The van der Waals surface area contributed by atoms with E-state index in [1.807, 2.05) is 49.4 Å². The van der Waals surface area contributed by atoms with Crippen LogP contribution in [0, 0.1) is 3.57 Å². The SMILES string of the molecule is CCOc1cc(/C=C2\SC(NC(C)=O)=NC2=O)cc(I)c1OCc1ccccc1. The van der Waals surface area contributed by atoms with Crippen molar-refractivity contribution in [3.63, 3.8) is 0 Å². The van der Waals surface area contributed by atoms with E-state index >= 15 is 0 Å². The second-order valence-corrected chi connectivity index (χ2v) is 8.24. The van der Waals surface area contributed by atoms with Gasteiger partial charge < -0.3 is 14.8 Å². The molecule has 2 aromatic carbocycles. The van der Waals surface area contributed by atoms with Crippen LogP contribution < -0.4 is 14.8 Å². The summed E-state index contributed by atoms with van der Waals surface area (Å²) < 4.78 is 12.7. The zero-order valence-corrected chi connectivity index (χ0v) is 18.9. The maximum atomic E-state index is 12.1. The zero-order chi connectivity index (χ0) is 20.8. The minimum absolute atomic E-state index is 0.265. The molecule has 3 rings (SSSR count). The van der Waals surface area contributed by atoms with Gasteiger partial charge in [0, 0.05) is 6.92 Å². The van der Waals surface area contributed by atoms with Gasteiger partial charge in [-0.15, -0.1) is 0 Å². The molecule has 2 amide bonds. The highest BCUT2D eigenvalue weighted by molar-refractivity contribution is 14.1. The Hall–Kier alpha value is -2.33. The Morgan fingerprint density at radius 2 is 2.00 bits per heavy atom. The summed E-state index contributed by atoms with van der Waals surface area (Å²) in [4.78, 5) is 27.6. The van der Waals surface area contributed by atoms with E-state index in [1.165, 1.54) is 6.92 Å². The summed E-state index contributed by atoms with van der Waals surface area (Å²) >= 11 is 3.33. The molecule has 6 nitrogen and oxygen atoms in total. The third kappa shape index (κ3) is 5.83. The molecule has 1 heterocycles. The van der Waals surface area contributed by atoms with Crippen molar-refractivity contribution in [3.8, 4) is 11.5 Å². The molecule has 150 valence electrons. The van der Waals surface area contributed by atoms with Crippen molar-refractivity contribution < 1.29 is 19.1 Å². The summed E-state index contributed by atoms with van der Waals surface area (Å²) in [5.41, 5.74) is 1.85. The molecule has 8 heteroatoms. The van der Waals surface area contributed by atoms with Crippen LogP contribution in [-0.2, 0) is 16.2 Å². The van der Waals surface area contributed by atoms with E-state index in [0.717, 1.165) is 26.5 Å². The molecule has 1 aliphatic heterocycles. The number of rotatable bonds is 6. The second kappa shape index (κ2) is 9.93. The van der Waals surface area contributed by atoms with Crippen LogP contribution in [0.3, 0.4) is 0 Å². The Kier molecular flexibility index (Phi) is 7.32. The van der Waals surface area contributed by atoms with Gasteiger partial charge in [-0.25, -0.2) is 0 Å². The number of carbonyl (C=O) groups is 2. The smallest absolute Gasteiger partial charge is 0.286 e. The van der Waals surface area contributed by atoms with Crippen molar-refractivity contribution in [2.24, 2.45) is 4.99 Å². The molecule has 0 atom stereocenters. The van der Waals surface area contributed by atoms with Crippen LogP contribution in [0.4, 0.5) is 0 Å². The first-order valence-electron chi connectivity index (χ1n) is 8.89. The third-order valence-electron chi connectivity index (χ3n) is 3.76. The van der Waals surface area contributed by atoms with Crippen LogP contribution in [0.5, 0.6) is 11.5 Å². The van der Waals surface area contributed by atoms with E-state index in [0.29, 0.717) is 29.6 Å². The van der Waals surface area contributed by atoms with Crippen LogP contribution in [0.2, 0.25) is 0 Å². The Morgan fingerprint density at radius 1 is 1.24 bits per heavy atom. The van der Waals surface area contributed by atoms with E-state index in [-0.39, 0.29) is 17.0 Å². The minimum Gasteiger partial charge on any atom is -0.490 e. The van der Waals surface area contributed by atoms with Gasteiger partial charge in [0.2, 0.25) is 5.91 Å². The van der Waals surface area contributed by atoms with Crippen LogP contribution in [0.1, 0.15) is 25.0 Å². The van der Waals surface area contributed by atoms with Crippen LogP contribution in [-0.4, -0.2) is 23.6 Å². The first-order valence-corrected chi connectivity index (χ1v) is 10.8. The van der Waals surface area contributed by atoms with E-state index in [9.17, 15) is 9.59 Å². The molecular formula is C21H19IN2O4S. The fraction of sp³-hybridized carbons (Fsp3) is 0.190. The molecule has 0 unspecified atom stereocenters. The Balaban J connectivity index is 1.82. The highest BCUT2D eigenvalue weighted by atomic mass is 127. The standard InChI is InChI=1S/C21H19IN2O4S/c1-3-27-17-10-15(11-18-20(26)24-21(29-18)23-13(2)25)9-16(22)19(17)28-12-14-7-5-4-6-8-14/h4-11H,3,12H2,1-2H3,(H,23,24,25,26)/b18-11-. The molecule has 29 heavy (non-hydrogen) atoms. The first-order chi connectivity index (χ1) is 14.0. The van der Waals surface area contributed by atoms with E-state index in [2.05, 4.69) is 32.9 Å². The summed E-state index contributed by atoms with van der Waals surface area (Å²) in [5, 5.41) is 2.83. The van der Waals surface area contributed by atoms with E-state index < -0.39 is 0 Å². The van der Waals surface area contributed by atoms with Crippen LogP contribution in [0.25, 0.3) is 6.08 Å². The molecule has 1 N–H and O–H groups in total. The summed E-state index contributed by atoms with van der Waals surface area (Å²) in [7, 11) is 0. The predicted octanol–water partition coefficient (Wildman–Crippen LogP) is 4.38.